The van der Waals surface area contributed by atoms with Gasteiger partial charge in [0.15, 0.2) is 0 Å². The number of carboxylic acids is 1. The highest BCUT2D eigenvalue weighted by Crippen LogP contribution is 2.11. The molecule has 0 aliphatic rings. The maximum Gasteiger partial charge on any atom is 0.326 e. The predicted octanol–water partition coefficient (Wildman–Crippen LogP) is -0.828. The zero-order chi connectivity index (χ0) is 15.1. The predicted molar refractivity (Wildman–Crippen MR) is 69.0 cm³/mol. The number of hydrogen-bond acceptors (Lipinski definition) is 4. The van der Waals surface area contributed by atoms with Gasteiger partial charge in [0.25, 0.3) is 0 Å². The van der Waals surface area contributed by atoms with Crippen molar-refractivity contribution in [2.75, 3.05) is 6.54 Å². The van der Waals surface area contributed by atoms with Gasteiger partial charge in [0, 0.05) is 6.42 Å². The lowest BCUT2D eigenvalue weighted by Crippen LogP contribution is -2.48. The zero-order valence-corrected chi connectivity index (χ0v) is 10.5. The van der Waals surface area contributed by atoms with Gasteiger partial charge in [-0.15, -0.1) is 0 Å². The van der Waals surface area contributed by atoms with E-state index in [-0.39, 0.29) is 18.7 Å². The number of primary amides is 1. The van der Waals surface area contributed by atoms with Gasteiger partial charge in [-0.25, -0.2) is 9.59 Å². The SMILES string of the molecule is NC(=O)CNC(=O)N[C@@H](Cc1ccc(O)cc1)C(=O)O. The fourth-order valence-corrected chi connectivity index (χ4v) is 1.44. The van der Waals surface area contributed by atoms with Gasteiger partial charge in [0.2, 0.25) is 5.91 Å². The number of benzene rings is 1. The van der Waals surface area contributed by atoms with Crippen LogP contribution < -0.4 is 16.4 Å². The molecular formula is C12H15N3O5. The first-order valence-electron chi connectivity index (χ1n) is 5.72. The third-order valence-electron chi connectivity index (χ3n) is 2.40. The van der Waals surface area contributed by atoms with E-state index in [1.807, 2.05) is 0 Å². The summed E-state index contributed by atoms with van der Waals surface area (Å²) in [5.41, 5.74) is 5.48. The second kappa shape index (κ2) is 6.98. The zero-order valence-electron chi connectivity index (χ0n) is 10.5. The highest BCUT2D eigenvalue weighted by molar-refractivity contribution is 5.86. The number of aromatic hydroxyl groups is 1. The monoisotopic (exact) mass is 281 g/mol. The van der Waals surface area contributed by atoms with E-state index < -0.39 is 23.9 Å². The van der Waals surface area contributed by atoms with Crippen molar-refractivity contribution in [1.82, 2.24) is 10.6 Å². The second-order valence-electron chi connectivity index (χ2n) is 4.05. The Morgan fingerprint density at radius 1 is 1.20 bits per heavy atom. The lowest BCUT2D eigenvalue weighted by molar-refractivity contribution is -0.139. The molecule has 0 aliphatic carbocycles. The first kappa shape index (κ1) is 15.3. The smallest absolute Gasteiger partial charge is 0.326 e. The molecular weight excluding hydrogens is 266 g/mol. The number of carboxylic acid groups (broad SMARTS) is 1. The average molecular weight is 281 g/mol. The van der Waals surface area contributed by atoms with Gasteiger partial charge in [0.05, 0.1) is 6.54 Å². The Morgan fingerprint density at radius 2 is 1.80 bits per heavy atom. The van der Waals surface area contributed by atoms with E-state index in [0.29, 0.717) is 5.56 Å². The van der Waals surface area contributed by atoms with Crippen molar-refractivity contribution in [3.8, 4) is 5.75 Å². The Kier molecular flexibility index (Phi) is 5.33. The number of phenols is 1. The summed E-state index contributed by atoms with van der Waals surface area (Å²) in [6.45, 7) is -0.378. The van der Waals surface area contributed by atoms with Crippen molar-refractivity contribution in [1.29, 1.82) is 0 Å². The molecule has 3 amide bonds. The third kappa shape index (κ3) is 5.25. The standard InChI is InChI=1S/C12H15N3O5/c13-10(17)6-14-12(20)15-9(11(18)19)5-7-1-3-8(16)4-2-7/h1-4,9,16H,5-6H2,(H2,13,17)(H,18,19)(H2,14,15,20)/t9-/m0/s1. The highest BCUT2D eigenvalue weighted by atomic mass is 16.4. The van der Waals surface area contributed by atoms with Crippen molar-refractivity contribution < 1.29 is 24.6 Å². The topological polar surface area (TPSA) is 142 Å². The normalized spacial score (nSPS) is 11.4. The molecule has 0 bridgehead atoms. The first-order chi connectivity index (χ1) is 9.38. The fourth-order valence-electron chi connectivity index (χ4n) is 1.44. The summed E-state index contributed by atoms with van der Waals surface area (Å²) >= 11 is 0. The van der Waals surface area contributed by atoms with Crippen LogP contribution in [0.5, 0.6) is 5.75 Å². The molecule has 1 aromatic rings. The summed E-state index contributed by atoms with van der Waals surface area (Å²) in [5.74, 6) is -1.88. The maximum absolute atomic E-state index is 11.4. The molecule has 20 heavy (non-hydrogen) atoms. The van der Waals surface area contributed by atoms with Crippen molar-refractivity contribution in [2.45, 2.75) is 12.5 Å². The first-order valence-corrected chi connectivity index (χ1v) is 5.72. The molecule has 1 atom stereocenters. The van der Waals surface area contributed by atoms with Crippen LogP contribution in [0.2, 0.25) is 0 Å². The number of nitrogens with two attached hydrogens (primary N) is 1. The van der Waals surface area contributed by atoms with Crippen LogP contribution in [0.3, 0.4) is 0 Å². The molecule has 0 aromatic heterocycles. The quantitative estimate of drug-likeness (QED) is 0.462. The lowest BCUT2D eigenvalue weighted by Gasteiger charge is -2.15. The molecule has 0 heterocycles. The minimum absolute atomic E-state index is 0.0413. The van der Waals surface area contributed by atoms with Crippen LogP contribution >= 0.6 is 0 Å². The molecule has 6 N–H and O–H groups in total. The molecule has 8 heteroatoms. The van der Waals surface area contributed by atoms with Gasteiger partial charge < -0.3 is 26.6 Å². The molecule has 108 valence electrons. The van der Waals surface area contributed by atoms with E-state index in [1.165, 1.54) is 12.1 Å². The summed E-state index contributed by atoms with van der Waals surface area (Å²) in [4.78, 5) is 32.9. The van der Waals surface area contributed by atoms with Crippen LogP contribution in [0.1, 0.15) is 5.56 Å². The van der Waals surface area contributed by atoms with Crippen molar-refractivity contribution in [2.24, 2.45) is 5.73 Å². The number of phenolic OH excluding ortho intramolecular Hbond substituents is 1. The molecule has 0 fully saturated rings. The number of rotatable bonds is 6. The number of urea groups is 1. The van der Waals surface area contributed by atoms with Gasteiger partial charge in [-0.05, 0) is 17.7 Å². The van der Waals surface area contributed by atoms with E-state index in [4.69, 9.17) is 15.9 Å². The van der Waals surface area contributed by atoms with Gasteiger partial charge in [-0.3, -0.25) is 4.79 Å². The van der Waals surface area contributed by atoms with Gasteiger partial charge in [-0.2, -0.15) is 0 Å². The summed E-state index contributed by atoms with van der Waals surface area (Å²) in [7, 11) is 0. The van der Waals surface area contributed by atoms with Crippen LogP contribution in [0.15, 0.2) is 24.3 Å². The van der Waals surface area contributed by atoms with Crippen LogP contribution in [0.25, 0.3) is 0 Å². The number of aliphatic carboxylic acids is 1. The van der Waals surface area contributed by atoms with Crippen LogP contribution in [0.4, 0.5) is 4.79 Å². The molecule has 8 nitrogen and oxygen atoms in total. The number of nitrogens with one attached hydrogen (secondary N) is 2. The van der Waals surface area contributed by atoms with Gasteiger partial charge in [0.1, 0.15) is 11.8 Å². The summed E-state index contributed by atoms with van der Waals surface area (Å²) < 4.78 is 0. The molecule has 0 spiro atoms. The summed E-state index contributed by atoms with van der Waals surface area (Å²) in [6.07, 6.45) is 0.0413. The van der Waals surface area contributed by atoms with Crippen LogP contribution in [-0.2, 0) is 16.0 Å². The molecule has 0 saturated heterocycles. The Morgan fingerprint density at radius 3 is 2.30 bits per heavy atom. The summed E-state index contributed by atoms with van der Waals surface area (Å²) in [5, 5.41) is 22.5. The highest BCUT2D eigenvalue weighted by Gasteiger charge is 2.20. The molecule has 0 saturated carbocycles. The Labute approximate surface area is 114 Å². The number of carbonyl (C=O) groups excluding carboxylic acids is 2. The average Bonchev–Trinajstić information content (AvgIpc) is 2.38. The molecule has 0 radical (unpaired) electrons. The number of hydrogen-bond donors (Lipinski definition) is 5. The number of carbonyl (C=O) groups is 3. The van der Waals surface area contributed by atoms with Crippen molar-refractivity contribution in [3.63, 3.8) is 0 Å². The fraction of sp³-hybridized carbons (Fsp3) is 0.250. The van der Waals surface area contributed by atoms with Crippen molar-refractivity contribution >= 4 is 17.9 Å². The molecule has 1 aromatic carbocycles. The Bertz CT molecular complexity index is 500. The summed E-state index contributed by atoms with van der Waals surface area (Å²) in [6, 6.07) is 3.98. The second-order valence-corrected chi connectivity index (χ2v) is 4.05. The molecule has 1 rings (SSSR count). The minimum Gasteiger partial charge on any atom is -0.508 e. The maximum atomic E-state index is 11.4. The van der Waals surface area contributed by atoms with Crippen LogP contribution in [0, 0.1) is 0 Å². The molecule has 0 aliphatic heterocycles. The van der Waals surface area contributed by atoms with Crippen LogP contribution in [-0.4, -0.2) is 40.7 Å². The number of amides is 3. The van der Waals surface area contributed by atoms with E-state index in [0.717, 1.165) is 0 Å². The minimum atomic E-state index is -1.22. The van der Waals surface area contributed by atoms with E-state index in [2.05, 4.69) is 10.6 Å². The molecule has 0 unspecified atom stereocenters. The van der Waals surface area contributed by atoms with Crippen molar-refractivity contribution in [3.05, 3.63) is 29.8 Å². The lowest BCUT2D eigenvalue weighted by atomic mass is 10.1. The van der Waals surface area contributed by atoms with E-state index >= 15 is 0 Å². The van der Waals surface area contributed by atoms with E-state index in [9.17, 15) is 14.4 Å². The Hall–Kier alpha value is -2.77. The van der Waals surface area contributed by atoms with E-state index in [1.54, 1.807) is 12.1 Å². The Balaban J connectivity index is 2.60. The van der Waals surface area contributed by atoms with Gasteiger partial charge >= 0.3 is 12.0 Å². The van der Waals surface area contributed by atoms with Gasteiger partial charge in [-0.1, -0.05) is 12.1 Å². The third-order valence-corrected chi connectivity index (χ3v) is 2.40. The largest absolute Gasteiger partial charge is 0.508 e.